The van der Waals surface area contributed by atoms with Gasteiger partial charge in [0.2, 0.25) is 5.95 Å². The SMILES string of the molecule is CCc1cccc(CC)c1Nc1nccc(NCCCOC)n1. The van der Waals surface area contributed by atoms with Crippen molar-refractivity contribution in [2.75, 3.05) is 30.9 Å². The maximum atomic E-state index is 5.05. The molecule has 2 N–H and O–H groups in total. The molecule has 0 bridgehead atoms. The molecule has 0 amide bonds. The quantitative estimate of drug-likeness (QED) is 0.690. The summed E-state index contributed by atoms with van der Waals surface area (Å²) in [6.45, 7) is 5.89. The molecule has 0 fully saturated rings. The minimum absolute atomic E-state index is 0.623. The van der Waals surface area contributed by atoms with E-state index >= 15 is 0 Å². The van der Waals surface area contributed by atoms with Crippen molar-refractivity contribution in [2.45, 2.75) is 33.1 Å². The first kappa shape index (κ1) is 17.2. The first-order valence-electron chi connectivity index (χ1n) is 8.22. The lowest BCUT2D eigenvalue weighted by Crippen LogP contribution is -2.08. The average molecular weight is 314 g/mol. The minimum atomic E-state index is 0.623. The van der Waals surface area contributed by atoms with E-state index in [9.17, 15) is 0 Å². The second-order valence-electron chi connectivity index (χ2n) is 5.32. The van der Waals surface area contributed by atoms with E-state index in [0.717, 1.165) is 43.9 Å². The molecule has 1 heterocycles. The highest BCUT2D eigenvalue weighted by Crippen LogP contribution is 2.25. The van der Waals surface area contributed by atoms with Crippen LogP contribution in [0.1, 0.15) is 31.4 Å². The van der Waals surface area contributed by atoms with E-state index in [4.69, 9.17) is 4.74 Å². The summed E-state index contributed by atoms with van der Waals surface area (Å²) in [5.74, 6) is 1.45. The Morgan fingerprint density at radius 2 is 1.83 bits per heavy atom. The molecule has 5 heteroatoms. The second kappa shape index (κ2) is 9.10. The van der Waals surface area contributed by atoms with Gasteiger partial charge in [-0.25, -0.2) is 4.98 Å². The van der Waals surface area contributed by atoms with Crippen LogP contribution in [0.15, 0.2) is 30.5 Å². The van der Waals surface area contributed by atoms with Gasteiger partial charge in [-0.1, -0.05) is 32.0 Å². The Balaban J connectivity index is 2.11. The molecule has 0 radical (unpaired) electrons. The summed E-state index contributed by atoms with van der Waals surface area (Å²) >= 11 is 0. The van der Waals surface area contributed by atoms with E-state index in [1.165, 1.54) is 11.1 Å². The van der Waals surface area contributed by atoms with Crippen LogP contribution in [0, 0.1) is 0 Å². The Morgan fingerprint density at radius 3 is 2.48 bits per heavy atom. The first-order chi connectivity index (χ1) is 11.3. The van der Waals surface area contributed by atoms with E-state index in [2.05, 4.69) is 52.6 Å². The lowest BCUT2D eigenvalue weighted by molar-refractivity contribution is 0.198. The van der Waals surface area contributed by atoms with Gasteiger partial charge in [-0.05, 0) is 36.5 Å². The monoisotopic (exact) mass is 314 g/mol. The van der Waals surface area contributed by atoms with E-state index in [1.54, 1.807) is 13.3 Å². The normalized spacial score (nSPS) is 10.6. The average Bonchev–Trinajstić information content (AvgIpc) is 2.59. The highest BCUT2D eigenvalue weighted by molar-refractivity contribution is 5.64. The van der Waals surface area contributed by atoms with Crippen LogP contribution in [0.3, 0.4) is 0 Å². The van der Waals surface area contributed by atoms with E-state index < -0.39 is 0 Å². The van der Waals surface area contributed by atoms with Gasteiger partial charge in [-0.3, -0.25) is 0 Å². The van der Waals surface area contributed by atoms with Crippen LogP contribution in [0.4, 0.5) is 17.5 Å². The zero-order valence-electron chi connectivity index (χ0n) is 14.2. The Hall–Kier alpha value is -2.14. The fraction of sp³-hybridized carbons (Fsp3) is 0.444. The van der Waals surface area contributed by atoms with Gasteiger partial charge in [0, 0.05) is 32.1 Å². The zero-order valence-corrected chi connectivity index (χ0v) is 14.2. The van der Waals surface area contributed by atoms with E-state index in [1.807, 2.05) is 6.07 Å². The number of hydrogen-bond donors (Lipinski definition) is 2. The fourth-order valence-electron chi connectivity index (χ4n) is 2.47. The summed E-state index contributed by atoms with van der Waals surface area (Å²) in [7, 11) is 1.71. The van der Waals surface area contributed by atoms with Crippen molar-refractivity contribution in [1.82, 2.24) is 9.97 Å². The predicted molar refractivity (Wildman–Crippen MR) is 95.5 cm³/mol. The number of aryl methyl sites for hydroxylation is 2. The van der Waals surface area contributed by atoms with Crippen LogP contribution in [0.5, 0.6) is 0 Å². The number of rotatable bonds is 9. The van der Waals surface area contributed by atoms with Gasteiger partial charge in [-0.15, -0.1) is 0 Å². The third kappa shape index (κ3) is 4.93. The van der Waals surface area contributed by atoms with Crippen LogP contribution in [-0.4, -0.2) is 30.2 Å². The van der Waals surface area contributed by atoms with Gasteiger partial charge >= 0.3 is 0 Å². The lowest BCUT2D eigenvalue weighted by Gasteiger charge is -2.15. The van der Waals surface area contributed by atoms with Crippen LogP contribution >= 0.6 is 0 Å². The molecule has 1 aromatic carbocycles. The number of ether oxygens (including phenoxy) is 1. The van der Waals surface area contributed by atoms with Crippen LogP contribution in [-0.2, 0) is 17.6 Å². The number of hydrogen-bond acceptors (Lipinski definition) is 5. The first-order valence-corrected chi connectivity index (χ1v) is 8.22. The lowest BCUT2D eigenvalue weighted by atomic mass is 10.0. The Morgan fingerprint density at radius 1 is 1.09 bits per heavy atom. The number of nitrogens with zero attached hydrogens (tertiary/aromatic N) is 2. The molecule has 0 aliphatic rings. The number of aromatic nitrogens is 2. The van der Waals surface area contributed by atoms with Crippen molar-refractivity contribution in [1.29, 1.82) is 0 Å². The molecule has 0 atom stereocenters. The van der Waals surface area contributed by atoms with Crippen molar-refractivity contribution in [3.8, 4) is 0 Å². The van der Waals surface area contributed by atoms with Crippen molar-refractivity contribution in [3.05, 3.63) is 41.6 Å². The standard InChI is InChI=1S/C18H26N4O/c1-4-14-8-6-9-15(5-2)17(14)22-18-20-12-10-16(21-18)19-11-7-13-23-3/h6,8-10,12H,4-5,7,11,13H2,1-3H3,(H2,19,20,21,22). The van der Waals surface area contributed by atoms with Gasteiger partial charge in [0.25, 0.3) is 0 Å². The van der Waals surface area contributed by atoms with Gasteiger partial charge in [0.15, 0.2) is 0 Å². The summed E-state index contributed by atoms with van der Waals surface area (Å²) in [6, 6.07) is 8.28. The molecule has 23 heavy (non-hydrogen) atoms. The summed E-state index contributed by atoms with van der Waals surface area (Å²) < 4.78 is 5.05. The van der Waals surface area contributed by atoms with Gasteiger partial charge in [-0.2, -0.15) is 4.98 Å². The molecule has 1 aromatic heterocycles. The number of benzene rings is 1. The molecule has 0 unspecified atom stereocenters. The molecule has 2 rings (SSSR count). The molecular weight excluding hydrogens is 288 g/mol. The van der Waals surface area contributed by atoms with Gasteiger partial charge in [0.05, 0.1) is 0 Å². The van der Waals surface area contributed by atoms with Crippen molar-refractivity contribution < 1.29 is 4.74 Å². The van der Waals surface area contributed by atoms with Crippen LogP contribution in [0.25, 0.3) is 0 Å². The van der Waals surface area contributed by atoms with Crippen molar-refractivity contribution in [2.24, 2.45) is 0 Å². The van der Waals surface area contributed by atoms with Crippen LogP contribution in [0.2, 0.25) is 0 Å². The maximum Gasteiger partial charge on any atom is 0.229 e. The smallest absolute Gasteiger partial charge is 0.229 e. The van der Waals surface area contributed by atoms with E-state index in [-0.39, 0.29) is 0 Å². The van der Waals surface area contributed by atoms with Crippen LogP contribution < -0.4 is 10.6 Å². The van der Waals surface area contributed by atoms with Gasteiger partial charge in [0.1, 0.15) is 5.82 Å². The number of methoxy groups -OCH3 is 1. The molecule has 0 saturated carbocycles. The topological polar surface area (TPSA) is 59.1 Å². The Bertz CT molecular complexity index is 593. The Labute approximate surface area is 138 Å². The summed E-state index contributed by atoms with van der Waals surface area (Å²) in [6.07, 6.45) is 4.67. The highest BCUT2D eigenvalue weighted by Gasteiger charge is 2.08. The fourth-order valence-corrected chi connectivity index (χ4v) is 2.47. The second-order valence-corrected chi connectivity index (χ2v) is 5.32. The molecule has 5 nitrogen and oxygen atoms in total. The third-order valence-corrected chi connectivity index (χ3v) is 3.72. The largest absolute Gasteiger partial charge is 0.385 e. The molecule has 0 saturated heterocycles. The predicted octanol–water partition coefficient (Wildman–Crippen LogP) is 3.79. The molecule has 124 valence electrons. The number of nitrogens with one attached hydrogen (secondary N) is 2. The molecule has 0 aliphatic carbocycles. The zero-order chi connectivity index (χ0) is 16.5. The summed E-state index contributed by atoms with van der Waals surface area (Å²) in [5, 5.41) is 6.69. The minimum Gasteiger partial charge on any atom is -0.385 e. The molecule has 0 spiro atoms. The molecular formula is C18H26N4O. The summed E-state index contributed by atoms with van der Waals surface area (Å²) in [4.78, 5) is 8.89. The number of para-hydroxylation sites is 1. The Kier molecular flexibility index (Phi) is 6.81. The van der Waals surface area contributed by atoms with Crippen molar-refractivity contribution in [3.63, 3.8) is 0 Å². The molecule has 2 aromatic rings. The van der Waals surface area contributed by atoms with Gasteiger partial charge < -0.3 is 15.4 Å². The van der Waals surface area contributed by atoms with Crippen molar-refractivity contribution >= 4 is 17.5 Å². The maximum absolute atomic E-state index is 5.05. The number of anilines is 3. The van der Waals surface area contributed by atoms with E-state index in [0.29, 0.717) is 5.95 Å². The third-order valence-electron chi connectivity index (χ3n) is 3.72. The highest BCUT2D eigenvalue weighted by atomic mass is 16.5. The molecule has 0 aliphatic heterocycles. The summed E-state index contributed by atoms with van der Waals surface area (Å²) in [5.41, 5.74) is 3.70.